The zero-order valence-corrected chi connectivity index (χ0v) is 20.1. The average molecular weight is 465 g/mol. The van der Waals surface area contributed by atoms with Gasteiger partial charge in [0.1, 0.15) is 11.4 Å². The van der Waals surface area contributed by atoms with E-state index in [0.717, 1.165) is 48.9 Å². The van der Waals surface area contributed by atoms with E-state index in [1.54, 1.807) is 31.3 Å². The number of rotatable bonds is 9. The molecule has 1 saturated heterocycles. The van der Waals surface area contributed by atoms with Crippen LogP contribution in [0.15, 0.2) is 59.1 Å². The van der Waals surface area contributed by atoms with Crippen molar-refractivity contribution in [2.75, 3.05) is 65.5 Å². The highest BCUT2D eigenvalue weighted by atomic mass is 16.5. The molecule has 1 amide bonds. The Morgan fingerprint density at radius 2 is 1.74 bits per heavy atom. The van der Waals surface area contributed by atoms with Gasteiger partial charge in [-0.2, -0.15) is 0 Å². The van der Waals surface area contributed by atoms with Gasteiger partial charge in [0, 0.05) is 45.4 Å². The second kappa shape index (κ2) is 11.2. The summed E-state index contributed by atoms with van der Waals surface area (Å²) < 4.78 is 16.7. The zero-order chi connectivity index (χ0) is 23.9. The molecule has 2 aromatic carbocycles. The predicted octanol–water partition coefficient (Wildman–Crippen LogP) is 3.39. The SMILES string of the molecule is COCCN(Cc1c(-c2ccccc2)noc1N1CCN(C)CC1)C(=O)c1ccccc1OC. The van der Waals surface area contributed by atoms with Crippen molar-refractivity contribution in [1.29, 1.82) is 0 Å². The molecule has 180 valence electrons. The molecule has 2 heterocycles. The number of methoxy groups -OCH3 is 2. The van der Waals surface area contributed by atoms with Crippen LogP contribution in [-0.2, 0) is 11.3 Å². The van der Waals surface area contributed by atoms with Crippen molar-refractivity contribution >= 4 is 11.8 Å². The lowest BCUT2D eigenvalue weighted by Crippen LogP contribution is -2.45. The van der Waals surface area contributed by atoms with Gasteiger partial charge in [-0.25, -0.2) is 0 Å². The lowest BCUT2D eigenvalue weighted by atomic mass is 10.1. The molecule has 1 aliphatic rings. The fraction of sp³-hybridized carbons (Fsp3) is 0.385. The molecule has 0 N–H and O–H groups in total. The number of aromatic nitrogens is 1. The van der Waals surface area contributed by atoms with Crippen LogP contribution in [0.3, 0.4) is 0 Å². The first-order valence-corrected chi connectivity index (χ1v) is 11.5. The van der Waals surface area contributed by atoms with Crippen LogP contribution in [0.4, 0.5) is 5.88 Å². The van der Waals surface area contributed by atoms with Gasteiger partial charge in [-0.3, -0.25) is 4.79 Å². The zero-order valence-electron chi connectivity index (χ0n) is 20.1. The third kappa shape index (κ3) is 5.24. The van der Waals surface area contributed by atoms with Crippen LogP contribution in [-0.4, -0.2) is 81.5 Å². The van der Waals surface area contributed by atoms with E-state index in [-0.39, 0.29) is 5.91 Å². The highest BCUT2D eigenvalue weighted by Gasteiger charge is 2.28. The van der Waals surface area contributed by atoms with Gasteiger partial charge in [0.25, 0.3) is 5.91 Å². The molecule has 1 aliphatic heterocycles. The number of para-hydroxylation sites is 1. The monoisotopic (exact) mass is 464 g/mol. The predicted molar refractivity (Wildman–Crippen MR) is 131 cm³/mol. The third-order valence-corrected chi connectivity index (χ3v) is 6.14. The van der Waals surface area contributed by atoms with Crippen LogP contribution in [0, 0.1) is 0 Å². The average Bonchev–Trinajstić information content (AvgIpc) is 3.30. The Morgan fingerprint density at radius 1 is 1.03 bits per heavy atom. The summed E-state index contributed by atoms with van der Waals surface area (Å²) in [4.78, 5) is 19.9. The lowest BCUT2D eigenvalue weighted by Gasteiger charge is -2.33. The van der Waals surface area contributed by atoms with E-state index in [4.69, 9.17) is 14.0 Å². The number of ether oxygens (including phenoxy) is 2. The summed E-state index contributed by atoms with van der Waals surface area (Å²) in [6, 6.07) is 17.2. The molecule has 1 fully saturated rings. The first-order chi connectivity index (χ1) is 16.6. The Kier molecular flexibility index (Phi) is 7.82. The van der Waals surface area contributed by atoms with Crippen molar-refractivity contribution in [3.8, 4) is 17.0 Å². The molecule has 0 unspecified atom stereocenters. The quantitative estimate of drug-likeness (QED) is 0.481. The Labute approximate surface area is 200 Å². The first-order valence-electron chi connectivity index (χ1n) is 11.5. The number of hydrogen-bond acceptors (Lipinski definition) is 7. The second-order valence-electron chi connectivity index (χ2n) is 8.39. The van der Waals surface area contributed by atoms with Crippen LogP contribution in [0.25, 0.3) is 11.3 Å². The summed E-state index contributed by atoms with van der Waals surface area (Å²) in [6.45, 7) is 4.74. The molecule has 0 radical (unpaired) electrons. The maximum absolute atomic E-state index is 13.7. The number of carbonyl (C=O) groups is 1. The molecule has 0 bridgehead atoms. The minimum Gasteiger partial charge on any atom is -0.496 e. The fourth-order valence-corrected chi connectivity index (χ4v) is 4.16. The summed E-state index contributed by atoms with van der Waals surface area (Å²) in [7, 11) is 5.33. The van der Waals surface area contributed by atoms with Gasteiger partial charge < -0.3 is 28.7 Å². The van der Waals surface area contributed by atoms with E-state index in [1.807, 2.05) is 42.5 Å². The minimum absolute atomic E-state index is 0.126. The van der Waals surface area contributed by atoms with E-state index in [0.29, 0.717) is 31.0 Å². The van der Waals surface area contributed by atoms with Crippen molar-refractivity contribution in [1.82, 2.24) is 15.0 Å². The highest BCUT2D eigenvalue weighted by Crippen LogP contribution is 2.33. The lowest BCUT2D eigenvalue weighted by molar-refractivity contribution is 0.0677. The molecule has 0 aliphatic carbocycles. The normalized spacial score (nSPS) is 14.3. The number of likely N-dealkylation sites (N-methyl/N-ethyl adjacent to an activating group) is 1. The summed E-state index contributed by atoms with van der Waals surface area (Å²) in [5.74, 6) is 1.14. The summed E-state index contributed by atoms with van der Waals surface area (Å²) in [6.07, 6.45) is 0. The van der Waals surface area contributed by atoms with Gasteiger partial charge in [-0.15, -0.1) is 0 Å². The number of piperazine rings is 1. The van der Waals surface area contributed by atoms with Crippen LogP contribution < -0.4 is 9.64 Å². The summed E-state index contributed by atoms with van der Waals surface area (Å²) in [5.41, 5.74) is 3.12. The van der Waals surface area contributed by atoms with Crippen molar-refractivity contribution < 1.29 is 18.8 Å². The molecule has 34 heavy (non-hydrogen) atoms. The number of nitrogens with zero attached hydrogens (tertiary/aromatic N) is 4. The minimum atomic E-state index is -0.126. The fourth-order valence-electron chi connectivity index (χ4n) is 4.16. The van der Waals surface area contributed by atoms with Gasteiger partial charge in [0.2, 0.25) is 5.88 Å². The number of hydrogen-bond donors (Lipinski definition) is 0. The number of benzene rings is 2. The van der Waals surface area contributed by atoms with Crippen LogP contribution in [0.2, 0.25) is 0 Å². The van der Waals surface area contributed by atoms with Crippen molar-refractivity contribution in [3.63, 3.8) is 0 Å². The molecule has 0 atom stereocenters. The van der Waals surface area contributed by atoms with Crippen molar-refractivity contribution in [2.45, 2.75) is 6.54 Å². The topological polar surface area (TPSA) is 71.3 Å². The molecule has 1 aromatic heterocycles. The Balaban J connectivity index is 1.72. The van der Waals surface area contributed by atoms with Gasteiger partial charge in [0.05, 0.1) is 31.4 Å². The molecule has 0 saturated carbocycles. The summed E-state index contributed by atoms with van der Waals surface area (Å²) >= 11 is 0. The van der Waals surface area contributed by atoms with E-state index >= 15 is 0 Å². The van der Waals surface area contributed by atoms with Gasteiger partial charge >= 0.3 is 0 Å². The Hall–Kier alpha value is -3.36. The molecule has 3 aromatic rings. The van der Waals surface area contributed by atoms with E-state index < -0.39 is 0 Å². The number of carbonyl (C=O) groups excluding carboxylic acids is 1. The maximum atomic E-state index is 13.7. The van der Waals surface area contributed by atoms with Crippen molar-refractivity contribution in [3.05, 3.63) is 65.7 Å². The molecule has 4 rings (SSSR count). The molecule has 8 nitrogen and oxygen atoms in total. The first kappa shape index (κ1) is 23.8. The summed E-state index contributed by atoms with van der Waals surface area (Å²) in [5, 5.41) is 4.46. The largest absolute Gasteiger partial charge is 0.496 e. The smallest absolute Gasteiger partial charge is 0.258 e. The van der Waals surface area contributed by atoms with Crippen molar-refractivity contribution in [2.24, 2.45) is 0 Å². The molecular formula is C26H32N4O4. The standard InChI is InChI=1S/C26H32N4O4/c1-28-13-15-29(16-14-28)26-22(24(27-34-26)20-9-5-4-6-10-20)19-30(17-18-32-2)25(31)21-11-7-8-12-23(21)33-3/h4-12H,13-19H2,1-3H3. The van der Waals surface area contributed by atoms with Crippen LogP contribution >= 0.6 is 0 Å². The van der Waals surface area contributed by atoms with Gasteiger partial charge in [-0.1, -0.05) is 47.6 Å². The Bertz CT molecular complexity index is 1080. The molecular weight excluding hydrogens is 432 g/mol. The molecule has 0 spiro atoms. The number of amides is 1. The molecule has 8 heteroatoms. The van der Waals surface area contributed by atoms with Gasteiger partial charge in [-0.05, 0) is 19.2 Å². The number of anilines is 1. The van der Waals surface area contributed by atoms with E-state index in [2.05, 4.69) is 22.0 Å². The highest BCUT2D eigenvalue weighted by molar-refractivity contribution is 5.97. The van der Waals surface area contributed by atoms with E-state index in [1.165, 1.54) is 0 Å². The maximum Gasteiger partial charge on any atom is 0.258 e. The van der Waals surface area contributed by atoms with Gasteiger partial charge in [0.15, 0.2) is 0 Å². The van der Waals surface area contributed by atoms with Crippen LogP contribution in [0.1, 0.15) is 15.9 Å². The third-order valence-electron chi connectivity index (χ3n) is 6.14. The van der Waals surface area contributed by atoms with Crippen LogP contribution in [0.5, 0.6) is 5.75 Å². The van der Waals surface area contributed by atoms with E-state index in [9.17, 15) is 4.79 Å². The Morgan fingerprint density at radius 3 is 2.44 bits per heavy atom. The second-order valence-corrected chi connectivity index (χ2v) is 8.39.